The second-order valence-electron chi connectivity index (χ2n) is 5.01. The summed E-state index contributed by atoms with van der Waals surface area (Å²) in [5, 5.41) is 0.752. The first kappa shape index (κ1) is 15.8. The Morgan fingerprint density at radius 1 is 1.37 bits per heavy atom. The zero-order valence-corrected chi connectivity index (χ0v) is 12.8. The Kier molecular flexibility index (Phi) is 6.12. The van der Waals surface area contributed by atoms with Crippen LogP contribution in [-0.2, 0) is 0 Å². The SMILES string of the molecule is CC(C)CN=C(NN)N(C)C(C)c1ccccc1Cl. The molecule has 1 atom stereocenters. The Bertz CT molecular complexity index is 431. The first-order valence-electron chi connectivity index (χ1n) is 6.45. The van der Waals surface area contributed by atoms with Crippen LogP contribution in [0.4, 0.5) is 0 Å². The van der Waals surface area contributed by atoms with Crippen LogP contribution in [0.1, 0.15) is 32.4 Å². The number of hydrogen-bond donors (Lipinski definition) is 2. The van der Waals surface area contributed by atoms with Gasteiger partial charge in [0.05, 0.1) is 6.04 Å². The standard InChI is InChI=1S/C14H23ClN4/c1-10(2)9-17-14(18-16)19(4)11(3)12-7-5-6-8-13(12)15/h5-8,10-11H,9,16H2,1-4H3,(H,17,18). The molecule has 0 spiro atoms. The topological polar surface area (TPSA) is 53.6 Å². The van der Waals surface area contributed by atoms with Gasteiger partial charge in [0.2, 0.25) is 5.96 Å². The Morgan fingerprint density at radius 2 is 2.00 bits per heavy atom. The van der Waals surface area contributed by atoms with Crippen molar-refractivity contribution in [1.82, 2.24) is 10.3 Å². The molecule has 0 aliphatic heterocycles. The van der Waals surface area contributed by atoms with E-state index in [1.807, 2.05) is 36.2 Å². The van der Waals surface area contributed by atoms with Crippen LogP contribution in [-0.4, -0.2) is 24.5 Å². The van der Waals surface area contributed by atoms with Crippen molar-refractivity contribution in [2.45, 2.75) is 26.8 Å². The molecule has 0 aromatic heterocycles. The zero-order chi connectivity index (χ0) is 14.4. The summed E-state index contributed by atoms with van der Waals surface area (Å²) in [6.45, 7) is 7.05. The van der Waals surface area contributed by atoms with Gasteiger partial charge < -0.3 is 4.90 Å². The molecule has 0 aliphatic carbocycles. The van der Waals surface area contributed by atoms with E-state index in [1.165, 1.54) is 0 Å². The summed E-state index contributed by atoms with van der Waals surface area (Å²) in [4.78, 5) is 6.47. The van der Waals surface area contributed by atoms with Gasteiger partial charge in [0, 0.05) is 18.6 Å². The number of nitrogens with zero attached hydrogens (tertiary/aromatic N) is 2. The third kappa shape index (κ3) is 4.40. The smallest absolute Gasteiger partial charge is 0.208 e. The molecule has 1 aromatic carbocycles. The Labute approximate surface area is 120 Å². The highest BCUT2D eigenvalue weighted by Gasteiger charge is 2.17. The number of guanidine groups is 1. The third-order valence-corrected chi connectivity index (χ3v) is 3.35. The monoisotopic (exact) mass is 282 g/mol. The number of rotatable bonds is 4. The highest BCUT2D eigenvalue weighted by Crippen LogP contribution is 2.26. The number of halogens is 1. The van der Waals surface area contributed by atoms with E-state index in [2.05, 4.69) is 31.2 Å². The van der Waals surface area contributed by atoms with Gasteiger partial charge in [-0.2, -0.15) is 0 Å². The summed E-state index contributed by atoms with van der Waals surface area (Å²) in [6, 6.07) is 7.90. The Morgan fingerprint density at radius 3 is 2.53 bits per heavy atom. The van der Waals surface area contributed by atoms with Gasteiger partial charge in [0.25, 0.3) is 0 Å². The molecule has 0 saturated heterocycles. The highest BCUT2D eigenvalue weighted by molar-refractivity contribution is 6.31. The average Bonchev–Trinajstić information content (AvgIpc) is 2.38. The van der Waals surface area contributed by atoms with E-state index in [0.717, 1.165) is 17.1 Å². The molecule has 0 bridgehead atoms. The lowest BCUT2D eigenvalue weighted by Gasteiger charge is -2.28. The minimum Gasteiger partial charge on any atom is -0.338 e. The van der Waals surface area contributed by atoms with E-state index >= 15 is 0 Å². The molecule has 3 N–H and O–H groups in total. The third-order valence-electron chi connectivity index (χ3n) is 3.01. The number of hydrazine groups is 1. The molecule has 0 heterocycles. The number of hydrogen-bond acceptors (Lipinski definition) is 2. The minimum absolute atomic E-state index is 0.0932. The van der Waals surface area contributed by atoms with E-state index in [-0.39, 0.29) is 6.04 Å². The maximum Gasteiger partial charge on any atom is 0.208 e. The van der Waals surface area contributed by atoms with Gasteiger partial charge >= 0.3 is 0 Å². The molecule has 0 saturated carbocycles. The van der Waals surface area contributed by atoms with Gasteiger partial charge in [-0.3, -0.25) is 10.4 Å². The summed E-state index contributed by atoms with van der Waals surface area (Å²) < 4.78 is 0. The first-order chi connectivity index (χ1) is 8.97. The number of benzene rings is 1. The van der Waals surface area contributed by atoms with E-state index < -0.39 is 0 Å². The largest absolute Gasteiger partial charge is 0.338 e. The van der Waals surface area contributed by atoms with Crippen LogP contribution in [0, 0.1) is 5.92 Å². The van der Waals surface area contributed by atoms with Crippen molar-refractivity contribution in [3.8, 4) is 0 Å². The molecule has 0 amide bonds. The van der Waals surface area contributed by atoms with Crippen molar-refractivity contribution in [3.63, 3.8) is 0 Å². The van der Waals surface area contributed by atoms with Crippen LogP contribution < -0.4 is 11.3 Å². The van der Waals surface area contributed by atoms with Gasteiger partial charge in [0.1, 0.15) is 0 Å². The van der Waals surface area contributed by atoms with Gasteiger partial charge in [-0.15, -0.1) is 0 Å². The highest BCUT2D eigenvalue weighted by atomic mass is 35.5. The van der Waals surface area contributed by atoms with Crippen LogP contribution >= 0.6 is 11.6 Å². The first-order valence-corrected chi connectivity index (χ1v) is 6.83. The molecular weight excluding hydrogens is 260 g/mol. The lowest BCUT2D eigenvalue weighted by atomic mass is 10.1. The summed E-state index contributed by atoms with van der Waals surface area (Å²) in [5.41, 5.74) is 3.71. The van der Waals surface area contributed by atoms with Gasteiger partial charge in [-0.05, 0) is 24.5 Å². The van der Waals surface area contributed by atoms with Crippen molar-refractivity contribution < 1.29 is 0 Å². The predicted molar refractivity (Wildman–Crippen MR) is 82.1 cm³/mol. The summed E-state index contributed by atoms with van der Waals surface area (Å²) in [7, 11) is 1.95. The van der Waals surface area contributed by atoms with Gasteiger partial charge in [-0.25, -0.2) is 5.84 Å². The van der Waals surface area contributed by atoms with Crippen molar-refractivity contribution in [2.75, 3.05) is 13.6 Å². The molecule has 1 rings (SSSR count). The second kappa shape index (κ2) is 7.36. The predicted octanol–water partition coefficient (Wildman–Crippen LogP) is 2.81. The molecular formula is C14H23ClN4. The molecule has 5 heteroatoms. The van der Waals surface area contributed by atoms with Crippen molar-refractivity contribution in [1.29, 1.82) is 0 Å². The van der Waals surface area contributed by atoms with Crippen LogP contribution in [0.25, 0.3) is 0 Å². The Balaban J connectivity index is 2.88. The molecule has 106 valence electrons. The zero-order valence-electron chi connectivity index (χ0n) is 12.0. The van der Waals surface area contributed by atoms with Gasteiger partial charge in [-0.1, -0.05) is 43.6 Å². The summed E-state index contributed by atoms with van der Waals surface area (Å²) in [5.74, 6) is 6.72. The van der Waals surface area contributed by atoms with E-state index in [0.29, 0.717) is 11.9 Å². The average molecular weight is 283 g/mol. The summed E-state index contributed by atoms with van der Waals surface area (Å²) in [6.07, 6.45) is 0. The van der Waals surface area contributed by atoms with Crippen molar-refractivity contribution >= 4 is 17.6 Å². The summed E-state index contributed by atoms with van der Waals surface area (Å²) >= 11 is 6.22. The normalized spacial score (nSPS) is 13.5. The fourth-order valence-electron chi connectivity index (χ4n) is 1.73. The molecule has 1 unspecified atom stereocenters. The minimum atomic E-state index is 0.0932. The fourth-order valence-corrected chi connectivity index (χ4v) is 2.03. The van der Waals surface area contributed by atoms with Crippen LogP contribution in [0.2, 0.25) is 5.02 Å². The number of nitrogens with one attached hydrogen (secondary N) is 1. The Hall–Kier alpha value is -1.26. The van der Waals surface area contributed by atoms with E-state index in [9.17, 15) is 0 Å². The van der Waals surface area contributed by atoms with Crippen LogP contribution in [0.5, 0.6) is 0 Å². The maximum absolute atomic E-state index is 6.22. The molecule has 0 radical (unpaired) electrons. The van der Waals surface area contributed by atoms with Crippen molar-refractivity contribution in [3.05, 3.63) is 34.9 Å². The lowest BCUT2D eigenvalue weighted by molar-refractivity contribution is 0.386. The van der Waals surface area contributed by atoms with E-state index in [1.54, 1.807) is 0 Å². The molecule has 1 aromatic rings. The quantitative estimate of drug-likeness (QED) is 0.386. The lowest BCUT2D eigenvalue weighted by Crippen LogP contribution is -2.44. The van der Waals surface area contributed by atoms with Crippen LogP contribution in [0.15, 0.2) is 29.3 Å². The molecule has 0 aliphatic rings. The fraction of sp³-hybridized carbons (Fsp3) is 0.500. The number of aliphatic imine (C=N–C) groups is 1. The van der Waals surface area contributed by atoms with Gasteiger partial charge in [0.15, 0.2) is 0 Å². The number of nitrogens with two attached hydrogens (primary N) is 1. The van der Waals surface area contributed by atoms with E-state index in [4.69, 9.17) is 17.4 Å². The van der Waals surface area contributed by atoms with Crippen molar-refractivity contribution in [2.24, 2.45) is 16.8 Å². The second-order valence-corrected chi connectivity index (χ2v) is 5.42. The molecule has 4 nitrogen and oxygen atoms in total. The molecule has 0 fully saturated rings. The maximum atomic E-state index is 6.22. The van der Waals surface area contributed by atoms with Crippen LogP contribution in [0.3, 0.4) is 0 Å². The molecule has 19 heavy (non-hydrogen) atoms.